The number of hydrogen-bond donors (Lipinski definition) is 2. The fraction of sp³-hybridized carbons (Fsp3) is 0.421. The minimum atomic E-state index is -9.47. The van der Waals surface area contributed by atoms with Crippen LogP contribution in [0, 0.1) is 0 Å². The van der Waals surface area contributed by atoms with Crippen molar-refractivity contribution in [3.8, 4) is 44.5 Å². The van der Waals surface area contributed by atoms with Gasteiger partial charge in [-0.3, -0.25) is 0 Å². The van der Waals surface area contributed by atoms with Crippen LogP contribution >= 0.6 is 0 Å². The Bertz CT molecular complexity index is 5710. The second kappa shape index (κ2) is 34.1. The third-order valence-corrected chi connectivity index (χ3v) is 21.7. The van der Waals surface area contributed by atoms with E-state index in [2.05, 4.69) is 9.97 Å². The van der Waals surface area contributed by atoms with Crippen molar-refractivity contribution >= 4 is 46.4 Å². The van der Waals surface area contributed by atoms with Gasteiger partial charge >= 0.3 is 191 Å². The van der Waals surface area contributed by atoms with Gasteiger partial charge in [0.15, 0.2) is 0 Å². The molecule has 0 unspecified atom stereocenters. The fourth-order valence-corrected chi connectivity index (χ4v) is 13.3. The average Bonchev–Trinajstić information content (AvgIpc) is 0.955. The normalized spacial score (nSPS) is 15.9. The summed E-state index contributed by atoms with van der Waals surface area (Å²) in [5, 5.41) is 0. The topological polar surface area (TPSA) is 57.4 Å². The first-order valence-electron chi connectivity index (χ1n) is 36.7. The van der Waals surface area contributed by atoms with E-state index in [4.69, 9.17) is 0 Å². The van der Waals surface area contributed by atoms with Gasteiger partial charge in [0.05, 0.1) is 22.8 Å². The highest BCUT2D eigenvalue weighted by Crippen LogP contribution is 2.73. The number of alkyl halides is 68. The van der Waals surface area contributed by atoms with Crippen molar-refractivity contribution in [2.45, 2.75) is 191 Å². The van der Waals surface area contributed by atoms with E-state index in [0.29, 0.717) is 0 Å². The molecule has 7 aromatic rings. The Balaban J connectivity index is 1.48. The zero-order valence-electron chi connectivity index (χ0n) is 67.5. The number of aromatic amines is 2. The number of H-pyrrole nitrogens is 2. The van der Waals surface area contributed by atoms with Gasteiger partial charge in [0, 0.05) is 66.6 Å². The lowest BCUT2D eigenvalue weighted by Gasteiger charge is -2.42. The molecule has 0 spiro atoms. The van der Waals surface area contributed by atoms with Crippen molar-refractivity contribution < 1.29 is 299 Å². The summed E-state index contributed by atoms with van der Waals surface area (Å²) in [6, 6.07) is -10.0. The number of hydrogen-bond acceptors (Lipinski definition) is 2. The van der Waals surface area contributed by atoms with Gasteiger partial charge in [-0.1, -0.05) is 72.8 Å². The largest absolute Gasteiger partial charge is 0.460 e. The molecule has 9 rings (SSSR count). The number of nitrogens with zero attached hydrogens (tertiary/aromatic N) is 2. The minimum Gasteiger partial charge on any atom is -0.354 e. The maximum absolute atomic E-state index is 16.5. The third-order valence-electron chi connectivity index (χ3n) is 21.7. The van der Waals surface area contributed by atoms with E-state index in [-0.39, 0.29) is 72.8 Å². The Hall–Kier alpha value is -11.3. The summed E-state index contributed by atoms with van der Waals surface area (Å²) < 4.78 is 1000. The van der Waals surface area contributed by atoms with Gasteiger partial charge in [-0.05, 0) is 95.1 Å². The average molecular weight is 2290 g/mol. The van der Waals surface area contributed by atoms with Crippen molar-refractivity contribution in [1.29, 1.82) is 0 Å². The maximum atomic E-state index is 16.5. The molecule has 148 heavy (non-hydrogen) atoms. The van der Waals surface area contributed by atoms with Gasteiger partial charge in [-0.15, -0.1) is 0 Å². The number of rotatable bonds is 32. The van der Waals surface area contributed by atoms with Crippen molar-refractivity contribution in [2.75, 3.05) is 0 Å². The molecule has 4 aromatic carbocycles. The molecule has 0 radical (unpaired) electrons. The van der Waals surface area contributed by atoms with E-state index < -0.39 is 375 Å². The second-order valence-electron chi connectivity index (χ2n) is 30.9. The number of halogens is 68. The maximum Gasteiger partial charge on any atom is 0.460 e. The van der Waals surface area contributed by atoms with Crippen LogP contribution in [-0.2, 0) is 23.7 Å². The van der Waals surface area contributed by atoms with Crippen LogP contribution in [0.5, 0.6) is 0 Å². The quantitative estimate of drug-likeness (QED) is 0.0413. The molecule has 0 aliphatic carbocycles. The van der Waals surface area contributed by atoms with Crippen LogP contribution in [0.25, 0.3) is 90.9 Å². The molecular weight excluding hydrogens is 2260 g/mol. The lowest BCUT2D eigenvalue weighted by Crippen LogP contribution is -2.74. The van der Waals surface area contributed by atoms with Gasteiger partial charge in [-0.2, -0.15) is 299 Å². The number of benzene rings is 4. The van der Waals surface area contributed by atoms with E-state index in [1.807, 2.05) is 0 Å². The summed E-state index contributed by atoms with van der Waals surface area (Å²) in [6.07, 6.45) is -33.8. The van der Waals surface area contributed by atoms with Gasteiger partial charge in [0.2, 0.25) is 0 Å². The van der Waals surface area contributed by atoms with E-state index >= 15 is 140 Å². The van der Waals surface area contributed by atoms with Crippen LogP contribution in [0.4, 0.5) is 299 Å². The van der Waals surface area contributed by atoms with Crippen LogP contribution < -0.4 is 0 Å². The zero-order valence-corrected chi connectivity index (χ0v) is 67.5. The lowest BCUT2D eigenvalue weighted by molar-refractivity contribution is -0.462. The first-order chi connectivity index (χ1) is 65.2. The van der Waals surface area contributed by atoms with Crippen molar-refractivity contribution in [3.63, 3.8) is 0 Å². The smallest absolute Gasteiger partial charge is 0.354 e. The SMILES string of the molecule is FC(F)(F)C(F)(F)C(F)(F)C(F)(F)C(F)(F)C(F)(F)C(F)(F)C(F)(F)c1cccc(-c2c3nc(c(-c4cccc(C(F)(F)C(F)(F)C(F)(F)C(F)(F)C(F)(F)C(F)(F)C(F)(F)C(F)(F)F)c4)c4ccc([nH]4)c(-c4cccc(C(F)(F)C(F)(F)C(F)(F)C(F)(F)C(F)(F)C(F)(F)C(F)(F)C(F)(F)F)c4)c4nc(c(-c5cccc(C(F)(F)C(F)(F)C(F)(F)C(F)(F)C(F)(F)C(F)(F)C(F)(F)C(F)(F)F)c5)c5ccc2[nH]5)C=C4)C=C3)c1. The molecule has 0 saturated heterocycles. The molecule has 8 bridgehead atoms. The Morgan fingerprint density at radius 1 is 0.142 bits per heavy atom. The first kappa shape index (κ1) is 120. The molecule has 3 aromatic heterocycles. The second-order valence-corrected chi connectivity index (χ2v) is 30.9. The molecule has 0 amide bonds. The monoisotopic (exact) mass is 2290 g/mol. The molecule has 2 aliphatic rings. The number of aromatic nitrogens is 4. The molecule has 4 nitrogen and oxygen atoms in total. The molecular formula is C76H26F68N4. The highest BCUT2D eigenvalue weighted by atomic mass is 19.5. The van der Waals surface area contributed by atoms with Crippen molar-refractivity contribution in [2.24, 2.45) is 0 Å². The molecule has 2 N–H and O–H groups in total. The third kappa shape index (κ3) is 15.9. The highest BCUT2D eigenvalue weighted by Gasteiger charge is 3.01. The lowest BCUT2D eigenvalue weighted by atomic mass is 9.86. The van der Waals surface area contributed by atoms with Crippen molar-refractivity contribution in [3.05, 3.63) is 166 Å². The summed E-state index contributed by atoms with van der Waals surface area (Å²) in [6.45, 7) is 0. The Morgan fingerprint density at radius 2 is 0.264 bits per heavy atom. The zero-order chi connectivity index (χ0) is 115. The van der Waals surface area contributed by atoms with Crippen LogP contribution in [0.15, 0.2) is 121 Å². The Morgan fingerprint density at radius 3 is 0.392 bits per heavy atom. The standard InChI is InChI=1S/C76H26F68N4/c77-45(78,49(85,86)53(93,94)57(101,102)61(109,110)65(117,118)69(125,126)73(133,134)135)29-9-1-5-25(21-29)41-33-13-15-35(145-33)42(26-6-2-10-30(22-26)46(79,80)50(87,88)54(95,96)58(103,104)62(111,112)66(119,120)70(127,128)74(136,137)138)37-17-19-39(147-37)44(28-8-4-12-32(24-28)48(83,84)52(91,92)56(99,100)60(107,108)64(115,116)68(123,124)72(131,132)76(142,143)144)40-20-18-38(148-40)43(36-16-14-34(41)146-36)27-7-3-11-31(23-27)47(81,82)51(89,90)55(97,98)59(105,106)63(113,114)67(121,122)71(129,130)75(139,140)141/h1-24,145,148H. The molecule has 0 saturated carbocycles. The summed E-state index contributed by atoms with van der Waals surface area (Å²) in [5.41, 5.74) is -42.4. The first-order valence-corrected chi connectivity index (χ1v) is 36.7. The summed E-state index contributed by atoms with van der Waals surface area (Å²) >= 11 is 0. The summed E-state index contributed by atoms with van der Waals surface area (Å²) in [4.78, 5) is 10.8. The van der Waals surface area contributed by atoms with Gasteiger partial charge in [0.25, 0.3) is 0 Å². The molecule has 72 heteroatoms. The highest BCUT2D eigenvalue weighted by molar-refractivity contribution is 6.00. The van der Waals surface area contributed by atoms with Crippen LogP contribution in [0.1, 0.15) is 45.0 Å². The number of nitrogens with one attached hydrogen (secondary N) is 2. The van der Waals surface area contributed by atoms with Gasteiger partial charge < -0.3 is 9.97 Å². The fourth-order valence-electron chi connectivity index (χ4n) is 13.3. The van der Waals surface area contributed by atoms with E-state index in [9.17, 15) is 158 Å². The minimum absolute atomic E-state index is 0.0319. The Labute approximate surface area is 765 Å². The molecule has 5 heterocycles. The Kier molecular flexibility index (Phi) is 27.7. The van der Waals surface area contributed by atoms with E-state index in [1.54, 1.807) is 9.97 Å². The van der Waals surface area contributed by atoms with Gasteiger partial charge in [0.1, 0.15) is 0 Å². The summed E-state index contributed by atoms with van der Waals surface area (Å²) in [5.74, 6) is -252. The molecule has 826 valence electrons. The van der Waals surface area contributed by atoms with Crippen molar-refractivity contribution in [1.82, 2.24) is 19.9 Å². The number of fused-ring (bicyclic) bond motifs is 8. The van der Waals surface area contributed by atoms with Crippen LogP contribution in [0.2, 0.25) is 0 Å². The molecule has 0 atom stereocenters. The van der Waals surface area contributed by atoms with E-state index in [0.717, 1.165) is 0 Å². The summed E-state index contributed by atoms with van der Waals surface area (Å²) in [7, 11) is 0. The van der Waals surface area contributed by atoms with Crippen LogP contribution in [0.3, 0.4) is 0 Å². The predicted molar refractivity (Wildman–Crippen MR) is 359 cm³/mol. The molecule has 0 fully saturated rings. The van der Waals surface area contributed by atoms with Crippen LogP contribution in [-0.4, -0.2) is 187 Å². The molecule has 2 aliphatic heterocycles. The predicted octanol–water partition coefficient (Wildman–Crippen LogP) is 33.2. The van der Waals surface area contributed by atoms with E-state index in [1.165, 1.54) is 0 Å². The van der Waals surface area contributed by atoms with Gasteiger partial charge in [-0.25, -0.2) is 9.97 Å².